The molecule has 0 aliphatic rings. The number of esters is 1. The zero-order chi connectivity index (χ0) is 20.0. The van der Waals surface area contributed by atoms with Crippen molar-refractivity contribution in [2.45, 2.75) is 19.9 Å². The first-order chi connectivity index (χ1) is 12.8. The maximum Gasteiger partial charge on any atom is 0.329 e. The Balaban J connectivity index is 1.89. The Morgan fingerprint density at radius 3 is 2.48 bits per heavy atom. The third kappa shape index (κ3) is 5.85. The second kappa shape index (κ2) is 9.22. The molecule has 0 spiro atoms. The topological polar surface area (TPSA) is 84.5 Å². The van der Waals surface area contributed by atoms with Gasteiger partial charge < -0.3 is 15.4 Å². The molecule has 0 saturated heterocycles. The molecule has 0 radical (unpaired) electrons. The number of ether oxygens (including phenoxy) is 1. The summed E-state index contributed by atoms with van der Waals surface area (Å²) < 4.78 is 30.9. The predicted octanol–water partition coefficient (Wildman–Crippen LogP) is 2.96. The number of nitrogens with one attached hydrogen (secondary N) is 2. The number of rotatable bonds is 7. The summed E-state index contributed by atoms with van der Waals surface area (Å²) in [6, 6.07) is 5.26. The van der Waals surface area contributed by atoms with Crippen molar-refractivity contribution in [3.8, 4) is 0 Å². The highest BCUT2D eigenvalue weighted by Crippen LogP contribution is 2.13. The maximum absolute atomic E-state index is 13.1. The van der Waals surface area contributed by atoms with Crippen LogP contribution in [0, 0.1) is 17.6 Å². The number of hydrogen-bond donors (Lipinski definition) is 2. The van der Waals surface area contributed by atoms with Crippen molar-refractivity contribution in [2.24, 2.45) is 5.92 Å². The molecule has 0 aliphatic heterocycles. The van der Waals surface area contributed by atoms with Crippen molar-refractivity contribution in [3.63, 3.8) is 0 Å². The molecule has 1 aromatic heterocycles. The van der Waals surface area contributed by atoms with Crippen LogP contribution in [0.15, 0.2) is 35.7 Å². The monoisotopic (exact) mass is 396 g/mol. The van der Waals surface area contributed by atoms with E-state index in [4.69, 9.17) is 4.74 Å². The van der Waals surface area contributed by atoms with Gasteiger partial charge in [-0.3, -0.25) is 9.59 Å². The van der Waals surface area contributed by atoms with Crippen molar-refractivity contribution in [1.29, 1.82) is 0 Å². The Morgan fingerprint density at radius 2 is 1.89 bits per heavy atom. The number of carbonyl (C=O) groups is 3. The zero-order valence-corrected chi connectivity index (χ0v) is 15.4. The number of benzene rings is 1. The molecule has 0 bridgehead atoms. The number of hydrogen-bond acceptors (Lipinski definition) is 5. The van der Waals surface area contributed by atoms with Gasteiger partial charge in [-0.1, -0.05) is 19.9 Å². The minimum Gasteiger partial charge on any atom is -0.454 e. The second-order valence-corrected chi connectivity index (χ2v) is 6.90. The number of thiophene rings is 1. The third-order valence-corrected chi connectivity index (χ3v) is 4.37. The van der Waals surface area contributed by atoms with Crippen LogP contribution in [-0.4, -0.2) is 30.4 Å². The molecule has 144 valence electrons. The number of carbonyl (C=O) groups excluding carboxylic acids is 3. The largest absolute Gasteiger partial charge is 0.454 e. The van der Waals surface area contributed by atoms with E-state index in [-0.39, 0.29) is 11.6 Å². The fourth-order valence-corrected chi connectivity index (χ4v) is 2.74. The molecule has 2 N–H and O–H groups in total. The van der Waals surface area contributed by atoms with Crippen LogP contribution in [0.5, 0.6) is 0 Å². The first-order valence-electron chi connectivity index (χ1n) is 8.04. The molecule has 1 aromatic carbocycles. The molecule has 2 amide bonds. The SMILES string of the molecule is CC(C)C(NC(=O)c1cccs1)C(=O)OCC(=O)Nc1ccc(F)c(F)c1. The third-order valence-electron chi connectivity index (χ3n) is 3.50. The smallest absolute Gasteiger partial charge is 0.329 e. The lowest BCUT2D eigenvalue weighted by Crippen LogP contribution is -2.45. The van der Waals surface area contributed by atoms with Crippen LogP contribution in [0.3, 0.4) is 0 Å². The molecule has 0 saturated carbocycles. The minimum absolute atomic E-state index is 0.0290. The summed E-state index contributed by atoms with van der Waals surface area (Å²) in [4.78, 5) is 36.6. The Bertz CT molecular complexity index is 825. The highest BCUT2D eigenvalue weighted by atomic mass is 32.1. The number of anilines is 1. The van der Waals surface area contributed by atoms with Gasteiger partial charge in [-0.25, -0.2) is 13.6 Å². The van der Waals surface area contributed by atoms with Crippen LogP contribution in [-0.2, 0) is 14.3 Å². The maximum atomic E-state index is 13.1. The standard InChI is InChI=1S/C18H18F2N2O4S/c1-10(2)16(22-17(24)14-4-3-7-27-14)18(25)26-9-15(23)21-11-5-6-12(19)13(20)8-11/h3-8,10,16H,9H2,1-2H3,(H,21,23)(H,22,24). The van der Waals surface area contributed by atoms with Gasteiger partial charge in [0.15, 0.2) is 18.2 Å². The van der Waals surface area contributed by atoms with Gasteiger partial charge in [-0.05, 0) is 29.5 Å². The van der Waals surface area contributed by atoms with Crippen molar-refractivity contribution >= 4 is 34.8 Å². The average molecular weight is 396 g/mol. The van der Waals surface area contributed by atoms with E-state index in [1.54, 1.807) is 31.4 Å². The van der Waals surface area contributed by atoms with Gasteiger partial charge in [-0.2, -0.15) is 0 Å². The van der Waals surface area contributed by atoms with E-state index in [9.17, 15) is 23.2 Å². The lowest BCUT2D eigenvalue weighted by Gasteiger charge is -2.20. The van der Waals surface area contributed by atoms with E-state index in [2.05, 4.69) is 10.6 Å². The van der Waals surface area contributed by atoms with Gasteiger partial charge >= 0.3 is 5.97 Å². The number of halogens is 2. The lowest BCUT2D eigenvalue weighted by molar-refractivity contribution is -0.150. The summed E-state index contributed by atoms with van der Waals surface area (Å²) in [6.07, 6.45) is 0. The molecule has 0 fully saturated rings. The quantitative estimate of drug-likeness (QED) is 0.705. The van der Waals surface area contributed by atoms with E-state index in [0.717, 1.165) is 12.1 Å². The van der Waals surface area contributed by atoms with Crippen molar-refractivity contribution in [2.75, 3.05) is 11.9 Å². The molecule has 27 heavy (non-hydrogen) atoms. The molecule has 2 aromatic rings. The van der Waals surface area contributed by atoms with Gasteiger partial charge in [0.1, 0.15) is 6.04 Å². The number of amides is 2. The van der Waals surface area contributed by atoms with Gasteiger partial charge in [0, 0.05) is 11.8 Å². The van der Waals surface area contributed by atoms with Crippen molar-refractivity contribution < 1.29 is 27.9 Å². The molecule has 1 unspecified atom stereocenters. The van der Waals surface area contributed by atoms with Gasteiger partial charge in [0.05, 0.1) is 4.88 Å². The molecule has 6 nitrogen and oxygen atoms in total. The molecular weight excluding hydrogens is 378 g/mol. The first kappa shape index (κ1) is 20.5. The van der Waals surface area contributed by atoms with Crippen LogP contribution in [0.2, 0.25) is 0 Å². The van der Waals surface area contributed by atoms with Crippen LogP contribution in [0.4, 0.5) is 14.5 Å². The molecule has 0 aliphatic carbocycles. The summed E-state index contributed by atoms with van der Waals surface area (Å²) in [5, 5.41) is 6.60. The second-order valence-electron chi connectivity index (χ2n) is 5.96. The summed E-state index contributed by atoms with van der Waals surface area (Å²) in [5.41, 5.74) is 0.0290. The average Bonchev–Trinajstić information content (AvgIpc) is 3.15. The van der Waals surface area contributed by atoms with E-state index in [1.807, 2.05) is 0 Å². The van der Waals surface area contributed by atoms with Crippen molar-refractivity contribution in [3.05, 3.63) is 52.2 Å². The van der Waals surface area contributed by atoms with E-state index >= 15 is 0 Å². The van der Waals surface area contributed by atoms with Crippen LogP contribution >= 0.6 is 11.3 Å². The molecule has 1 atom stereocenters. The Morgan fingerprint density at radius 1 is 1.15 bits per heavy atom. The predicted molar refractivity (Wildman–Crippen MR) is 96.4 cm³/mol. The summed E-state index contributed by atoms with van der Waals surface area (Å²) in [5.74, 6) is -4.32. The van der Waals surface area contributed by atoms with E-state index < -0.39 is 42.1 Å². The Hall–Kier alpha value is -2.81. The van der Waals surface area contributed by atoms with Gasteiger partial charge in [0.25, 0.3) is 11.8 Å². The highest BCUT2D eigenvalue weighted by Gasteiger charge is 2.27. The summed E-state index contributed by atoms with van der Waals surface area (Å²) in [7, 11) is 0. The summed E-state index contributed by atoms with van der Waals surface area (Å²) >= 11 is 1.23. The minimum atomic E-state index is -1.11. The first-order valence-corrected chi connectivity index (χ1v) is 8.91. The van der Waals surface area contributed by atoms with Crippen LogP contribution < -0.4 is 10.6 Å². The van der Waals surface area contributed by atoms with Crippen molar-refractivity contribution in [1.82, 2.24) is 5.32 Å². The highest BCUT2D eigenvalue weighted by molar-refractivity contribution is 7.12. The fraction of sp³-hybridized carbons (Fsp3) is 0.278. The summed E-state index contributed by atoms with van der Waals surface area (Å²) in [6.45, 7) is 2.82. The molecule has 2 rings (SSSR count). The zero-order valence-electron chi connectivity index (χ0n) is 14.6. The fourth-order valence-electron chi connectivity index (χ4n) is 2.12. The van der Waals surface area contributed by atoms with Gasteiger partial charge in [-0.15, -0.1) is 11.3 Å². The Labute approximate surface area is 158 Å². The molecular formula is C18H18F2N2O4S. The lowest BCUT2D eigenvalue weighted by atomic mass is 10.0. The van der Waals surface area contributed by atoms with Gasteiger partial charge in [0.2, 0.25) is 0 Å². The molecule has 9 heteroatoms. The van der Waals surface area contributed by atoms with Crippen LogP contribution in [0.25, 0.3) is 0 Å². The van der Waals surface area contributed by atoms with E-state index in [0.29, 0.717) is 4.88 Å². The molecule has 1 heterocycles. The Kier molecular flexibility index (Phi) is 7.00. The normalized spacial score (nSPS) is 11.7. The van der Waals surface area contributed by atoms with E-state index in [1.165, 1.54) is 17.4 Å². The van der Waals surface area contributed by atoms with Crippen LogP contribution in [0.1, 0.15) is 23.5 Å².